The van der Waals surface area contributed by atoms with Gasteiger partial charge in [-0.25, -0.2) is 13.4 Å². The van der Waals surface area contributed by atoms with Crippen molar-refractivity contribution in [3.05, 3.63) is 83.0 Å². The molecule has 0 fully saturated rings. The van der Waals surface area contributed by atoms with E-state index in [4.69, 9.17) is 4.74 Å². The molecule has 0 unspecified atom stereocenters. The first kappa shape index (κ1) is 22.5. The maximum Gasteiger partial charge on any atom is 0.263 e. The number of aryl methyl sites for hydroxylation is 2. The molecule has 9 heteroatoms. The number of carbonyl (C=O) groups is 1. The van der Waals surface area contributed by atoms with E-state index in [1.807, 2.05) is 38.1 Å². The Balaban J connectivity index is 1.37. The fraction of sp³-hybridized carbons (Fsp3) is 0.208. The first-order valence-corrected chi connectivity index (χ1v) is 11.9. The summed E-state index contributed by atoms with van der Waals surface area (Å²) in [5, 5.41) is 2.80. The van der Waals surface area contributed by atoms with Crippen molar-refractivity contribution < 1.29 is 17.9 Å². The van der Waals surface area contributed by atoms with Crippen LogP contribution in [-0.2, 0) is 21.4 Å². The summed E-state index contributed by atoms with van der Waals surface area (Å²) in [4.78, 5) is 21.3. The van der Waals surface area contributed by atoms with Gasteiger partial charge in [0.1, 0.15) is 17.6 Å². The normalized spacial score (nSPS) is 16.0. The van der Waals surface area contributed by atoms with Crippen molar-refractivity contribution in [2.45, 2.75) is 38.3 Å². The predicted octanol–water partition coefficient (Wildman–Crippen LogP) is 3.23. The minimum atomic E-state index is -3.65. The van der Waals surface area contributed by atoms with Crippen LogP contribution in [0.25, 0.3) is 0 Å². The van der Waals surface area contributed by atoms with Crippen LogP contribution in [0, 0.1) is 13.8 Å². The van der Waals surface area contributed by atoms with Crippen LogP contribution in [0.1, 0.15) is 29.2 Å². The highest BCUT2D eigenvalue weighted by molar-refractivity contribution is 7.90. The number of rotatable bonds is 6. The Bertz CT molecular complexity index is 1330. The van der Waals surface area contributed by atoms with Gasteiger partial charge in [0.25, 0.3) is 10.0 Å². The average molecular weight is 465 g/mol. The number of carbonyl (C=O) groups excluding carboxylic acids is 1. The molecule has 1 aromatic heterocycles. The molecule has 0 spiro atoms. The molecule has 0 radical (unpaired) electrons. The van der Waals surface area contributed by atoms with Crippen LogP contribution in [0.3, 0.4) is 0 Å². The molecular weight excluding hydrogens is 440 g/mol. The number of benzene rings is 2. The Labute approximate surface area is 192 Å². The lowest BCUT2D eigenvalue weighted by Gasteiger charge is -2.11. The minimum Gasteiger partial charge on any atom is -0.439 e. The smallest absolute Gasteiger partial charge is 0.263 e. The van der Waals surface area contributed by atoms with Gasteiger partial charge in [-0.2, -0.15) is 0 Å². The van der Waals surface area contributed by atoms with Crippen LogP contribution < -0.4 is 14.8 Å². The summed E-state index contributed by atoms with van der Waals surface area (Å²) in [6, 6.07) is 15.3. The van der Waals surface area contributed by atoms with Gasteiger partial charge < -0.3 is 10.1 Å². The maximum atomic E-state index is 12.5. The number of amides is 1. The highest BCUT2D eigenvalue weighted by Gasteiger charge is 2.31. The van der Waals surface area contributed by atoms with Gasteiger partial charge in [-0.05, 0) is 55.7 Å². The van der Waals surface area contributed by atoms with E-state index in [1.54, 1.807) is 37.4 Å². The summed E-state index contributed by atoms with van der Waals surface area (Å²) in [7, 11) is -3.65. The topological polar surface area (TPSA) is 110 Å². The molecule has 2 heterocycles. The summed E-state index contributed by atoms with van der Waals surface area (Å²) in [6.07, 6.45) is 1.64. The molecule has 1 aliphatic heterocycles. The van der Waals surface area contributed by atoms with Gasteiger partial charge in [-0.15, -0.1) is 0 Å². The minimum absolute atomic E-state index is 0.158. The molecule has 2 aromatic carbocycles. The quantitative estimate of drug-likeness (QED) is 0.582. The van der Waals surface area contributed by atoms with Crippen molar-refractivity contribution in [3.63, 3.8) is 0 Å². The number of ether oxygens (including phenoxy) is 1. The molecule has 4 rings (SSSR count). The second-order valence-corrected chi connectivity index (χ2v) is 9.50. The Kier molecular flexibility index (Phi) is 6.15. The summed E-state index contributed by atoms with van der Waals surface area (Å²) in [5.74, 6) is 1.05. The van der Waals surface area contributed by atoms with Gasteiger partial charge in [0.05, 0.1) is 4.90 Å². The summed E-state index contributed by atoms with van der Waals surface area (Å²) in [5.41, 5.74) is 3.37. The third-order valence-electron chi connectivity index (χ3n) is 5.19. The number of sulfonamides is 1. The van der Waals surface area contributed by atoms with Gasteiger partial charge >= 0.3 is 0 Å². The van der Waals surface area contributed by atoms with Crippen molar-refractivity contribution in [2.24, 2.45) is 4.99 Å². The van der Waals surface area contributed by atoms with Crippen LogP contribution >= 0.6 is 0 Å². The monoisotopic (exact) mass is 464 g/mol. The van der Waals surface area contributed by atoms with E-state index in [2.05, 4.69) is 20.0 Å². The maximum absolute atomic E-state index is 12.5. The van der Waals surface area contributed by atoms with Gasteiger partial charge in [0.2, 0.25) is 11.8 Å². The third-order valence-corrected chi connectivity index (χ3v) is 6.58. The zero-order valence-corrected chi connectivity index (χ0v) is 19.3. The molecular formula is C24H24N4O4S. The highest BCUT2D eigenvalue weighted by Crippen LogP contribution is 2.25. The second-order valence-electron chi connectivity index (χ2n) is 7.85. The summed E-state index contributed by atoms with van der Waals surface area (Å²) < 4.78 is 32.7. The Hall–Kier alpha value is -3.72. The number of nitrogens with one attached hydrogen (secondary N) is 2. The van der Waals surface area contributed by atoms with Crippen molar-refractivity contribution in [3.8, 4) is 11.6 Å². The molecule has 0 saturated carbocycles. The molecule has 8 nitrogen and oxygen atoms in total. The number of fused-ring (bicyclic) bond motifs is 1. The molecule has 1 atom stereocenters. The van der Waals surface area contributed by atoms with Crippen molar-refractivity contribution >= 4 is 21.8 Å². The van der Waals surface area contributed by atoms with Gasteiger partial charge in [-0.1, -0.05) is 30.3 Å². The molecule has 1 amide bonds. The van der Waals surface area contributed by atoms with Gasteiger partial charge in [0.15, 0.2) is 0 Å². The SMILES string of the molecule is Cc1ccc(C)c(Oc2ccc(CNC(=O)[C@H](C)N=C3NS(=O)(=O)c4ccccc43)cn2)c1. The third kappa shape index (κ3) is 5.04. The number of hydrogen-bond donors (Lipinski definition) is 2. The van der Waals surface area contributed by atoms with Crippen molar-refractivity contribution in [2.75, 3.05) is 0 Å². The van der Waals surface area contributed by atoms with E-state index in [0.29, 0.717) is 11.4 Å². The largest absolute Gasteiger partial charge is 0.439 e. The van der Waals surface area contributed by atoms with Crippen LogP contribution in [0.2, 0.25) is 0 Å². The van der Waals surface area contributed by atoms with E-state index in [1.165, 1.54) is 6.07 Å². The van der Waals surface area contributed by atoms with Gasteiger partial charge in [0, 0.05) is 24.4 Å². The van der Waals surface area contributed by atoms with E-state index in [-0.39, 0.29) is 23.2 Å². The number of amidine groups is 1. The first-order chi connectivity index (χ1) is 15.7. The van der Waals surface area contributed by atoms with E-state index < -0.39 is 16.1 Å². The van der Waals surface area contributed by atoms with Crippen LogP contribution in [-0.4, -0.2) is 31.2 Å². The van der Waals surface area contributed by atoms with Crippen LogP contribution in [0.4, 0.5) is 0 Å². The lowest BCUT2D eigenvalue weighted by molar-refractivity contribution is -0.122. The number of aromatic nitrogens is 1. The Morgan fingerprint density at radius 1 is 1.15 bits per heavy atom. The Morgan fingerprint density at radius 3 is 2.70 bits per heavy atom. The van der Waals surface area contributed by atoms with Crippen molar-refractivity contribution in [1.82, 2.24) is 15.0 Å². The fourth-order valence-electron chi connectivity index (χ4n) is 3.32. The lowest BCUT2D eigenvalue weighted by atomic mass is 10.1. The Morgan fingerprint density at radius 2 is 1.94 bits per heavy atom. The standard InChI is InChI=1S/C24H24N4O4S/c1-15-8-9-16(2)20(12-15)32-22-11-10-18(13-25-22)14-26-24(29)17(3)27-23-19-6-4-5-7-21(19)33(30,31)28-23/h4-13,17H,14H2,1-3H3,(H,26,29)(H,27,28)/t17-/m0/s1. The second kappa shape index (κ2) is 9.03. The van der Waals surface area contributed by atoms with Crippen LogP contribution in [0.15, 0.2) is 70.7 Å². The molecule has 0 saturated heterocycles. The zero-order chi connectivity index (χ0) is 23.6. The number of hydrogen-bond acceptors (Lipinski definition) is 6. The fourth-order valence-corrected chi connectivity index (χ4v) is 4.56. The molecule has 3 aromatic rings. The lowest BCUT2D eigenvalue weighted by Crippen LogP contribution is -2.33. The number of nitrogens with zero attached hydrogens (tertiary/aromatic N) is 2. The predicted molar refractivity (Wildman–Crippen MR) is 125 cm³/mol. The molecule has 1 aliphatic rings. The summed E-state index contributed by atoms with van der Waals surface area (Å²) in [6.45, 7) is 5.83. The zero-order valence-electron chi connectivity index (χ0n) is 18.5. The number of aliphatic imine (C=N–C) groups is 1. The van der Waals surface area contributed by atoms with E-state index in [9.17, 15) is 13.2 Å². The van der Waals surface area contributed by atoms with Crippen LogP contribution in [0.5, 0.6) is 11.6 Å². The molecule has 33 heavy (non-hydrogen) atoms. The first-order valence-electron chi connectivity index (χ1n) is 10.4. The van der Waals surface area contributed by atoms with Crippen molar-refractivity contribution in [1.29, 1.82) is 0 Å². The molecule has 170 valence electrons. The summed E-state index contributed by atoms with van der Waals surface area (Å²) >= 11 is 0. The van der Waals surface area contributed by atoms with E-state index >= 15 is 0 Å². The van der Waals surface area contributed by atoms with E-state index in [0.717, 1.165) is 22.4 Å². The number of pyridine rings is 1. The molecule has 0 bridgehead atoms. The molecule has 2 N–H and O–H groups in total. The van der Waals surface area contributed by atoms with Gasteiger partial charge in [-0.3, -0.25) is 14.5 Å². The highest BCUT2D eigenvalue weighted by atomic mass is 32.2. The molecule has 0 aliphatic carbocycles. The average Bonchev–Trinajstić information content (AvgIpc) is 3.05.